The predicted molar refractivity (Wildman–Crippen MR) is 67.5 cm³/mol. The summed E-state index contributed by atoms with van der Waals surface area (Å²) >= 11 is 0. The van der Waals surface area contributed by atoms with Crippen molar-refractivity contribution in [3.63, 3.8) is 0 Å². The minimum absolute atomic E-state index is 0.364. The summed E-state index contributed by atoms with van der Waals surface area (Å²) in [5.74, 6) is 0. The van der Waals surface area contributed by atoms with Gasteiger partial charge < -0.3 is 4.90 Å². The maximum absolute atomic E-state index is 4.04. The highest BCUT2D eigenvalue weighted by molar-refractivity contribution is 5.27. The molecule has 15 heavy (non-hydrogen) atoms. The van der Waals surface area contributed by atoms with Crippen LogP contribution in [0.15, 0.2) is 60.9 Å². The van der Waals surface area contributed by atoms with Gasteiger partial charge in [0.05, 0.1) is 0 Å². The number of rotatable bonds is 1. The first kappa shape index (κ1) is 11.6. The second-order valence-corrected chi connectivity index (χ2v) is 3.75. The molecule has 0 bridgehead atoms. The highest BCUT2D eigenvalue weighted by atomic mass is 15.1. The smallest absolute Gasteiger partial charge is 0.0476 e. The van der Waals surface area contributed by atoms with Crippen LogP contribution in [0.2, 0.25) is 0 Å². The van der Waals surface area contributed by atoms with E-state index in [2.05, 4.69) is 50.3 Å². The fourth-order valence-electron chi connectivity index (χ4n) is 1.59. The predicted octanol–water partition coefficient (Wildman–Crippen LogP) is 3.45. The van der Waals surface area contributed by atoms with Gasteiger partial charge in [0.1, 0.15) is 0 Å². The van der Waals surface area contributed by atoms with Gasteiger partial charge in [-0.3, -0.25) is 0 Å². The molecule has 0 aliphatic carbocycles. The lowest BCUT2D eigenvalue weighted by molar-refractivity contribution is 0.369. The zero-order valence-corrected chi connectivity index (χ0v) is 9.61. The Hall–Kier alpha value is -1.50. The minimum atomic E-state index is 0.364. The average molecular weight is 201 g/mol. The maximum atomic E-state index is 4.04. The lowest BCUT2D eigenvalue weighted by atomic mass is 10.0. The van der Waals surface area contributed by atoms with E-state index in [-0.39, 0.29) is 0 Å². The first-order valence-corrected chi connectivity index (χ1v) is 5.23. The summed E-state index contributed by atoms with van der Waals surface area (Å²) < 4.78 is 0. The molecule has 80 valence electrons. The van der Waals surface area contributed by atoms with Crippen molar-refractivity contribution in [3.8, 4) is 0 Å². The second kappa shape index (κ2) is 5.40. The third kappa shape index (κ3) is 2.98. The first-order chi connectivity index (χ1) is 7.16. The number of allylic oxidation sites excluding steroid dienone is 6. The molecule has 0 saturated heterocycles. The Kier molecular flexibility index (Phi) is 4.17. The van der Waals surface area contributed by atoms with E-state index in [4.69, 9.17) is 0 Å². The Morgan fingerprint density at radius 3 is 2.87 bits per heavy atom. The number of nitrogens with zero attached hydrogens (tertiary/aromatic N) is 1. The standard InChI is InChI=1S/C14H19N/c1-5-9-14-11-8-6-7-10-12(2)15(4)13(14)3/h5-10,13H,1-2,11H2,3-4H3/b8-6-,10-7-,14-9-. The van der Waals surface area contributed by atoms with Crippen molar-refractivity contribution in [1.29, 1.82) is 0 Å². The van der Waals surface area contributed by atoms with Gasteiger partial charge in [0, 0.05) is 18.8 Å². The number of likely N-dealkylation sites (N-methyl/N-ethyl adjacent to an activating group) is 1. The molecule has 1 nitrogen and oxygen atoms in total. The molecular weight excluding hydrogens is 182 g/mol. The Morgan fingerprint density at radius 1 is 1.47 bits per heavy atom. The van der Waals surface area contributed by atoms with Gasteiger partial charge in [0.25, 0.3) is 0 Å². The van der Waals surface area contributed by atoms with E-state index < -0.39 is 0 Å². The molecule has 1 heteroatoms. The average Bonchev–Trinajstić information content (AvgIpc) is 2.28. The molecule has 0 radical (unpaired) electrons. The lowest BCUT2D eigenvalue weighted by Crippen LogP contribution is -2.28. The molecular formula is C14H19N. The Balaban J connectivity index is 2.98. The zero-order chi connectivity index (χ0) is 11.3. The summed E-state index contributed by atoms with van der Waals surface area (Å²) in [5, 5.41) is 0. The van der Waals surface area contributed by atoms with E-state index in [1.165, 1.54) is 5.57 Å². The van der Waals surface area contributed by atoms with Crippen LogP contribution in [0.3, 0.4) is 0 Å². The van der Waals surface area contributed by atoms with E-state index in [0.717, 1.165) is 12.1 Å². The van der Waals surface area contributed by atoms with E-state index in [9.17, 15) is 0 Å². The van der Waals surface area contributed by atoms with Crippen molar-refractivity contribution in [2.24, 2.45) is 0 Å². The molecule has 1 unspecified atom stereocenters. The molecule has 0 aromatic carbocycles. The van der Waals surface area contributed by atoms with Gasteiger partial charge in [-0.1, -0.05) is 43.5 Å². The quantitative estimate of drug-likeness (QED) is 0.628. The van der Waals surface area contributed by atoms with E-state index in [1.807, 2.05) is 18.2 Å². The summed E-state index contributed by atoms with van der Waals surface area (Å²) in [6.45, 7) is 9.98. The van der Waals surface area contributed by atoms with Gasteiger partial charge in [-0.2, -0.15) is 0 Å². The van der Waals surface area contributed by atoms with Gasteiger partial charge in [-0.15, -0.1) is 0 Å². The van der Waals surface area contributed by atoms with Gasteiger partial charge >= 0.3 is 0 Å². The molecule has 1 aliphatic rings. The molecule has 0 N–H and O–H groups in total. The Bertz CT molecular complexity index is 331. The zero-order valence-electron chi connectivity index (χ0n) is 9.61. The van der Waals surface area contributed by atoms with Gasteiger partial charge in [-0.05, 0) is 25.0 Å². The molecule has 0 spiro atoms. The molecule has 0 aromatic heterocycles. The summed E-state index contributed by atoms with van der Waals surface area (Å²) in [4.78, 5) is 2.18. The Labute approximate surface area is 92.8 Å². The molecule has 0 saturated carbocycles. The van der Waals surface area contributed by atoms with Crippen molar-refractivity contribution >= 4 is 0 Å². The van der Waals surface area contributed by atoms with Crippen molar-refractivity contribution in [2.75, 3.05) is 7.05 Å². The third-order valence-electron chi connectivity index (χ3n) is 2.79. The first-order valence-electron chi connectivity index (χ1n) is 5.23. The van der Waals surface area contributed by atoms with E-state index >= 15 is 0 Å². The van der Waals surface area contributed by atoms with Crippen molar-refractivity contribution in [3.05, 3.63) is 60.9 Å². The summed E-state index contributed by atoms with van der Waals surface area (Å²) in [5.41, 5.74) is 2.39. The second-order valence-electron chi connectivity index (χ2n) is 3.75. The largest absolute Gasteiger partial charge is 0.369 e. The van der Waals surface area contributed by atoms with E-state index in [0.29, 0.717) is 6.04 Å². The lowest BCUT2D eigenvalue weighted by Gasteiger charge is -2.28. The SMILES string of the molecule is C=C/C=C1/C/C=C\C=C/C(=C)N(C)C1C. The molecule has 0 aromatic rings. The normalized spacial score (nSPS) is 29.2. The van der Waals surface area contributed by atoms with Crippen molar-refractivity contribution < 1.29 is 0 Å². The molecule has 0 amide bonds. The van der Waals surface area contributed by atoms with Crippen LogP contribution in [0.25, 0.3) is 0 Å². The van der Waals surface area contributed by atoms with Crippen LogP contribution in [-0.4, -0.2) is 18.0 Å². The topological polar surface area (TPSA) is 3.24 Å². The van der Waals surface area contributed by atoms with Crippen LogP contribution in [0, 0.1) is 0 Å². The third-order valence-corrected chi connectivity index (χ3v) is 2.79. The van der Waals surface area contributed by atoms with Crippen molar-refractivity contribution in [2.45, 2.75) is 19.4 Å². The fourth-order valence-corrected chi connectivity index (χ4v) is 1.59. The van der Waals surface area contributed by atoms with Crippen LogP contribution >= 0.6 is 0 Å². The van der Waals surface area contributed by atoms with Crippen LogP contribution in [0.5, 0.6) is 0 Å². The summed E-state index contributed by atoms with van der Waals surface area (Å²) in [6, 6.07) is 0.364. The van der Waals surface area contributed by atoms with Crippen LogP contribution in [0.4, 0.5) is 0 Å². The van der Waals surface area contributed by atoms with Crippen LogP contribution in [0.1, 0.15) is 13.3 Å². The number of hydrogen-bond acceptors (Lipinski definition) is 1. The van der Waals surface area contributed by atoms with Crippen molar-refractivity contribution in [1.82, 2.24) is 4.90 Å². The number of hydrogen-bond donors (Lipinski definition) is 0. The summed E-state index contributed by atoms with van der Waals surface area (Å²) in [6.07, 6.45) is 13.2. The molecule has 1 aliphatic heterocycles. The van der Waals surface area contributed by atoms with Gasteiger partial charge in [0.15, 0.2) is 0 Å². The maximum Gasteiger partial charge on any atom is 0.0476 e. The monoisotopic (exact) mass is 201 g/mol. The molecule has 1 rings (SSSR count). The van der Waals surface area contributed by atoms with Crippen LogP contribution < -0.4 is 0 Å². The van der Waals surface area contributed by atoms with Gasteiger partial charge in [-0.25, -0.2) is 0 Å². The minimum Gasteiger partial charge on any atom is -0.369 e. The fraction of sp³-hybridized carbons (Fsp3) is 0.286. The Morgan fingerprint density at radius 2 is 2.20 bits per heavy atom. The molecule has 0 fully saturated rings. The highest BCUT2D eigenvalue weighted by Crippen LogP contribution is 2.19. The summed E-state index contributed by atoms with van der Waals surface area (Å²) in [7, 11) is 2.07. The van der Waals surface area contributed by atoms with Gasteiger partial charge in [0.2, 0.25) is 0 Å². The van der Waals surface area contributed by atoms with E-state index in [1.54, 1.807) is 0 Å². The highest BCUT2D eigenvalue weighted by Gasteiger charge is 2.13. The molecule has 1 heterocycles. The van der Waals surface area contributed by atoms with Crippen LogP contribution in [-0.2, 0) is 0 Å². The molecule has 1 atom stereocenters.